The summed E-state index contributed by atoms with van der Waals surface area (Å²) in [6.45, 7) is 3.84. The second kappa shape index (κ2) is 3.19. The number of nitrogens with zero attached hydrogens (tertiary/aromatic N) is 1. The molecule has 0 aromatic carbocycles. The highest BCUT2D eigenvalue weighted by atomic mass is 16.2. The number of carbonyl (C=O) groups is 2. The molecular formula is C13H17NO2. The maximum Gasteiger partial charge on any atom is 0.233 e. The zero-order valence-electron chi connectivity index (χ0n) is 9.72. The Morgan fingerprint density at radius 1 is 1.06 bits per heavy atom. The first-order valence-electron chi connectivity index (χ1n) is 6.16. The Labute approximate surface area is 95.5 Å². The zero-order chi connectivity index (χ0) is 11.4. The van der Waals surface area contributed by atoms with E-state index in [1.807, 2.05) is 13.8 Å². The lowest BCUT2D eigenvalue weighted by molar-refractivity contribution is -0.142. The number of imide groups is 1. The molecule has 1 aliphatic heterocycles. The predicted molar refractivity (Wildman–Crippen MR) is 59.3 cm³/mol. The normalized spacial score (nSPS) is 41.1. The Hall–Kier alpha value is -1.12. The van der Waals surface area contributed by atoms with Gasteiger partial charge in [-0.25, -0.2) is 0 Å². The molecule has 0 aromatic heterocycles. The van der Waals surface area contributed by atoms with Gasteiger partial charge in [0.25, 0.3) is 0 Å². The van der Waals surface area contributed by atoms with Gasteiger partial charge in [0, 0.05) is 6.04 Å². The summed E-state index contributed by atoms with van der Waals surface area (Å²) < 4.78 is 0. The molecule has 1 saturated heterocycles. The van der Waals surface area contributed by atoms with Crippen LogP contribution < -0.4 is 0 Å². The zero-order valence-corrected chi connectivity index (χ0v) is 9.72. The average Bonchev–Trinajstić information content (AvgIpc) is 2.55. The van der Waals surface area contributed by atoms with Crippen LogP contribution in [0, 0.1) is 23.7 Å². The first kappa shape index (κ1) is 10.1. The van der Waals surface area contributed by atoms with Crippen molar-refractivity contribution in [3.8, 4) is 0 Å². The number of carbonyl (C=O) groups excluding carboxylic acids is 2. The third-order valence-electron chi connectivity index (χ3n) is 4.31. The number of amides is 2. The van der Waals surface area contributed by atoms with Gasteiger partial charge >= 0.3 is 0 Å². The molecule has 3 heteroatoms. The van der Waals surface area contributed by atoms with Crippen molar-refractivity contribution < 1.29 is 9.59 Å². The van der Waals surface area contributed by atoms with Crippen LogP contribution in [0.15, 0.2) is 12.2 Å². The van der Waals surface area contributed by atoms with Crippen LogP contribution in [-0.4, -0.2) is 22.8 Å². The van der Waals surface area contributed by atoms with Crippen LogP contribution in [0.5, 0.6) is 0 Å². The van der Waals surface area contributed by atoms with E-state index in [4.69, 9.17) is 0 Å². The Morgan fingerprint density at radius 3 is 1.81 bits per heavy atom. The summed E-state index contributed by atoms with van der Waals surface area (Å²) in [5.41, 5.74) is 0. The number of hydrogen-bond acceptors (Lipinski definition) is 2. The summed E-state index contributed by atoms with van der Waals surface area (Å²) in [4.78, 5) is 26.0. The van der Waals surface area contributed by atoms with Gasteiger partial charge in [-0.3, -0.25) is 14.5 Å². The number of rotatable bonds is 1. The van der Waals surface area contributed by atoms with Crippen LogP contribution >= 0.6 is 0 Å². The lowest BCUT2D eigenvalue weighted by Gasteiger charge is -2.38. The summed E-state index contributed by atoms with van der Waals surface area (Å²) in [7, 11) is 0. The summed E-state index contributed by atoms with van der Waals surface area (Å²) in [6.07, 6.45) is 6.47. The smallest absolute Gasteiger partial charge is 0.233 e. The quantitative estimate of drug-likeness (QED) is 0.496. The van der Waals surface area contributed by atoms with Gasteiger partial charge in [-0.05, 0) is 38.5 Å². The van der Waals surface area contributed by atoms with Gasteiger partial charge in [0.2, 0.25) is 11.8 Å². The van der Waals surface area contributed by atoms with Gasteiger partial charge in [-0.1, -0.05) is 12.2 Å². The van der Waals surface area contributed by atoms with Crippen molar-refractivity contribution in [3.05, 3.63) is 12.2 Å². The monoisotopic (exact) mass is 219 g/mol. The maximum absolute atomic E-state index is 12.3. The van der Waals surface area contributed by atoms with Gasteiger partial charge < -0.3 is 0 Å². The molecule has 2 bridgehead atoms. The fraction of sp³-hybridized carbons (Fsp3) is 0.692. The fourth-order valence-electron chi connectivity index (χ4n) is 3.61. The molecule has 3 aliphatic carbocycles. The van der Waals surface area contributed by atoms with Crippen LogP contribution in [0.4, 0.5) is 0 Å². The highest BCUT2D eigenvalue weighted by molar-refractivity contribution is 6.06. The highest BCUT2D eigenvalue weighted by Gasteiger charge is 2.56. The van der Waals surface area contributed by atoms with E-state index >= 15 is 0 Å². The molecule has 1 saturated carbocycles. The molecule has 4 unspecified atom stereocenters. The number of hydrogen-bond donors (Lipinski definition) is 0. The fourth-order valence-corrected chi connectivity index (χ4v) is 3.61. The minimum absolute atomic E-state index is 0.00463. The van der Waals surface area contributed by atoms with E-state index in [9.17, 15) is 9.59 Å². The summed E-state index contributed by atoms with van der Waals surface area (Å²) in [6, 6.07) is 0.00463. The molecule has 2 amide bonds. The molecule has 3 nitrogen and oxygen atoms in total. The van der Waals surface area contributed by atoms with E-state index < -0.39 is 0 Å². The molecular weight excluding hydrogens is 202 g/mol. The molecule has 4 atom stereocenters. The first-order valence-corrected chi connectivity index (χ1v) is 6.16. The second-order valence-corrected chi connectivity index (χ2v) is 5.48. The predicted octanol–water partition coefficient (Wildman–Crippen LogP) is 1.59. The van der Waals surface area contributed by atoms with Gasteiger partial charge in [-0.15, -0.1) is 0 Å². The number of fused-ring (bicyclic) bond motifs is 1. The van der Waals surface area contributed by atoms with Gasteiger partial charge in [0.05, 0.1) is 11.8 Å². The molecule has 0 N–H and O–H groups in total. The van der Waals surface area contributed by atoms with E-state index in [2.05, 4.69) is 12.2 Å². The first-order chi connectivity index (χ1) is 7.61. The van der Waals surface area contributed by atoms with Gasteiger partial charge in [0.15, 0.2) is 0 Å². The number of allylic oxidation sites excluding steroid dienone is 2. The minimum atomic E-state index is -0.0429. The largest absolute Gasteiger partial charge is 0.280 e. The van der Waals surface area contributed by atoms with Crippen molar-refractivity contribution in [2.24, 2.45) is 23.7 Å². The lowest BCUT2D eigenvalue weighted by Crippen LogP contribution is -2.38. The molecule has 16 heavy (non-hydrogen) atoms. The van der Waals surface area contributed by atoms with Gasteiger partial charge in [-0.2, -0.15) is 0 Å². The van der Waals surface area contributed by atoms with Crippen LogP contribution in [-0.2, 0) is 9.59 Å². The van der Waals surface area contributed by atoms with Crippen LogP contribution in [0.25, 0.3) is 0 Å². The molecule has 86 valence electrons. The SMILES string of the molecule is CC(C)N1C(=O)C2C3C=CC(CC3)C2C1=O. The summed E-state index contributed by atoms with van der Waals surface area (Å²) in [5.74, 6) is 0.691. The molecule has 0 spiro atoms. The van der Waals surface area contributed by atoms with Crippen LogP contribution in [0.2, 0.25) is 0 Å². The van der Waals surface area contributed by atoms with Crippen molar-refractivity contribution in [2.45, 2.75) is 32.7 Å². The van der Waals surface area contributed by atoms with Crippen molar-refractivity contribution in [1.82, 2.24) is 4.90 Å². The van der Waals surface area contributed by atoms with E-state index in [0.29, 0.717) is 11.8 Å². The Balaban J connectivity index is 2.01. The molecule has 2 fully saturated rings. The Bertz CT molecular complexity index is 353. The lowest BCUT2D eigenvalue weighted by atomic mass is 9.63. The van der Waals surface area contributed by atoms with Crippen molar-refractivity contribution in [1.29, 1.82) is 0 Å². The Kier molecular flexibility index (Phi) is 2.00. The van der Waals surface area contributed by atoms with Crippen LogP contribution in [0.3, 0.4) is 0 Å². The summed E-state index contributed by atoms with van der Waals surface area (Å²) in [5, 5.41) is 0. The minimum Gasteiger partial charge on any atom is -0.280 e. The van der Waals surface area contributed by atoms with E-state index in [-0.39, 0.29) is 29.7 Å². The molecule has 0 radical (unpaired) electrons. The highest BCUT2D eigenvalue weighted by Crippen LogP contribution is 2.49. The van der Waals surface area contributed by atoms with E-state index in [1.165, 1.54) is 4.90 Å². The molecule has 4 aliphatic rings. The standard InChI is InChI=1S/C13H17NO2/c1-7(2)14-12(15)10-8-3-4-9(6-5-8)11(10)13(14)16/h3-4,7-11H,5-6H2,1-2H3. The summed E-state index contributed by atoms with van der Waals surface area (Å²) >= 11 is 0. The molecule has 4 rings (SSSR count). The second-order valence-electron chi connectivity index (χ2n) is 5.48. The topological polar surface area (TPSA) is 37.4 Å². The van der Waals surface area contributed by atoms with Gasteiger partial charge in [0.1, 0.15) is 0 Å². The number of likely N-dealkylation sites (tertiary alicyclic amines) is 1. The van der Waals surface area contributed by atoms with Crippen LogP contribution in [0.1, 0.15) is 26.7 Å². The third-order valence-corrected chi connectivity index (χ3v) is 4.31. The van der Waals surface area contributed by atoms with Crippen molar-refractivity contribution in [2.75, 3.05) is 0 Å². The average molecular weight is 219 g/mol. The van der Waals surface area contributed by atoms with E-state index in [1.54, 1.807) is 0 Å². The van der Waals surface area contributed by atoms with Crippen molar-refractivity contribution in [3.63, 3.8) is 0 Å². The molecule has 0 aromatic rings. The molecule has 1 heterocycles. The Morgan fingerprint density at radius 2 is 1.50 bits per heavy atom. The maximum atomic E-state index is 12.3. The van der Waals surface area contributed by atoms with E-state index in [0.717, 1.165) is 12.8 Å². The third kappa shape index (κ3) is 1.09. The van der Waals surface area contributed by atoms with Crippen molar-refractivity contribution >= 4 is 11.8 Å².